The molecule has 15 heavy (non-hydrogen) atoms. The van der Waals surface area contributed by atoms with Gasteiger partial charge in [-0.05, 0) is 23.6 Å². The molecule has 0 amide bonds. The van der Waals surface area contributed by atoms with Gasteiger partial charge in [-0.15, -0.1) is 0 Å². The number of fused-ring (bicyclic) bond motifs is 1. The summed E-state index contributed by atoms with van der Waals surface area (Å²) in [6.07, 6.45) is 1.56. The second kappa shape index (κ2) is 3.82. The maximum Gasteiger partial charge on any atom is 0.246 e. The minimum absolute atomic E-state index is 0.280. The van der Waals surface area contributed by atoms with Gasteiger partial charge in [0.05, 0.1) is 0 Å². The van der Waals surface area contributed by atoms with Gasteiger partial charge in [-0.2, -0.15) is 0 Å². The van der Waals surface area contributed by atoms with Crippen molar-refractivity contribution in [2.24, 2.45) is 0 Å². The van der Waals surface area contributed by atoms with Crippen molar-refractivity contribution in [1.82, 2.24) is 4.98 Å². The fourth-order valence-corrected chi connectivity index (χ4v) is 1.62. The van der Waals surface area contributed by atoms with Crippen molar-refractivity contribution in [3.05, 3.63) is 51.3 Å². The molecule has 76 valence electrons. The first-order valence-corrected chi connectivity index (χ1v) is 4.69. The molecule has 2 rings (SSSR count). The van der Waals surface area contributed by atoms with E-state index in [1.807, 2.05) is 6.07 Å². The highest BCUT2D eigenvalue weighted by atomic mass is 35.5. The van der Waals surface area contributed by atoms with E-state index in [9.17, 15) is 10.1 Å². The predicted molar refractivity (Wildman–Crippen MR) is 57.5 cm³/mol. The summed E-state index contributed by atoms with van der Waals surface area (Å²) in [7, 11) is 0. The Kier molecular flexibility index (Phi) is 2.51. The van der Waals surface area contributed by atoms with Gasteiger partial charge in [0.2, 0.25) is 6.54 Å². The number of hydrogen-bond acceptors (Lipinski definition) is 3. The molecular formula is C10H7ClN2O2. The van der Waals surface area contributed by atoms with E-state index in [0.29, 0.717) is 10.7 Å². The van der Waals surface area contributed by atoms with Crippen LogP contribution in [0.4, 0.5) is 0 Å². The van der Waals surface area contributed by atoms with Gasteiger partial charge in [0.25, 0.3) is 0 Å². The second-order valence-corrected chi connectivity index (χ2v) is 3.55. The topological polar surface area (TPSA) is 56.0 Å². The zero-order valence-electron chi connectivity index (χ0n) is 7.68. The van der Waals surface area contributed by atoms with Gasteiger partial charge >= 0.3 is 0 Å². The summed E-state index contributed by atoms with van der Waals surface area (Å²) in [6, 6.07) is 7.07. The van der Waals surface area contributed by atoms with Crippen molar-refractivity contribution in [2.75, 3.05) is 0 Å². The van der Waals surface area contributed by atoms with Crippen LogP contribution in [0.2, 0.25) is 5.02 Å². The lowest BCUT2D eigenvalue weighted by molar-refractivity contribution is -0.497. The highest BCUT2D eigenvalue weighted by molar-refractivity contribution is 6.31. The first kappa shape index (κ1) is 9.86. The molecule has 2 aromatic rings. The highest BCUT2D eigenvalue weighted by Gasteiger charge is 2.08. The van der Waals surface area contributed by atoms with E-state index in [2.05, 4.69) is 4.98 Å². The van der Waals surface area contributed by atoms with Gasteiger partial charge in [-0.25, -0.2) is 0 Å². The average molecular weight is 223 g/mol. The van der Waals surface area contributed by atoms with Crippen molar-refractivity contribution in [3.8, 4) is 0 Å². The largest absolute Gasteiger partial charge is 0.264 e. The minimum Gasteiger partial charge on any atom is -0.264 e. The Bertz CT molecular complexity index is 528. The molecule has 0 unspecified atom stereocenters. The fourth-order valence-electron chi connectivity index (χ4n) is 1.45. The maximum atomic E-state index is 10.4. The van der Waals surface area contributed by atoms with Crippen LogP contribution in [-0.4, -0.2) is 9.91 Å². The van der Waals surface area contributed by atoms with E-state index >= 15 is 0 Å². The molecule has 0 aliphatic heterocycles. The molecule has 1 heterocycles. The van der Waals surface area contributed by atoms with Crippen LogP contribution in [-0.2, 0) is 6.54 Å². The van der Waals surface area contributed by atoms with Crippen molar-refractivity contribution < 1.29 is 4.92 Å². The Balaban J connectivity index is 2.63. The van der Waals surface area contributed by atoms with E-state index in [-0.39, 0.29) is 6.54 Å². The second-order valence-electron chi connectivity index (χ2n) is 3.11. The quantitative estimate of drug-likeness (QED) is 0.580. The summed E-state index contributed by atoms with van der Waals surface area (Å²) in [6.45, 7) is -0.280. The smallest absolute Gasteiger partial charge is 0.246 e. The van der Waals surface area contributed by atoms with Crippen LogP contribution < -0.4 is 0 Å². The number of nitro groups is 1. The third-order valence-corrected chi connectivity index (χ3v) is 2.32. The predicted octanol–water partition coefficient (Wildman–Crippen LogP) is 2.66. The number of rotatable bonds is 2. The van der Waals surface area contributed by atoms with Crippen molar-refractivity contribution in [2.45, 2.75) is 6.54 Å². The summed E-state index contributed by atoms with van der Waals surface area (Å²) in [5.41, 5.74) is 0.444. The SMILES string of the molecule is O=[N+]([O-])Cc1nccc2ccc(Cl)cc12. The third kappa shape index (κ3) is 2.05. The first-order chi connectivity index (χ1) is 7.16. The fraction of sp³-hybridized carbons (Fsp3) is 0.100. The summed E-state index contributed by atoms with van der Waals surface area (Å²) in [4.78, 5) is 14.0. The summed E-state index contributed by atoms with van der Waals surface area (Å²) < 4.78 is 0. The van der Waals surface area contributed by atoms with Crippen molar-refractivity contribution in [1.29, 1.82) is 0 Å². The van der Waals surface area contributed by atoms with Gasteiger partial charge in [0.15, 0.2) is 0 Å². The molecule has 0 spiro atoms. The minimum atomic E-state index is -0.400. The van der Waals surface area contributed by atoms with Gasteiger partial charge < -0.3 is 0 Å². The molecule has 0 N–H and O–H groups in total. The Morgan fingerprint density at radius 1 is 1.40 bits per heavy atom. The number of halogens is 1. The molecular weight excluding hydrogens is 216 g/mol. The monoisotopic (exact) mass is 222 g/mol. The lowest BCUT2D eigenvalue weighted by Crippen LogP contribution is -2.01. The number of nitrogens with zero attached hydrogens (tertiary/aromatic N) is 2. The molecule has 0 fully saturated rings. The molecule has 0 saturated carbocycles. The van der Waals surface area contributed by atoms with Gasteiger partial charge in [-0.3, -0.25) is 15.1 Å². The van der Waals surface area contributed by atoms with Gasteiger partial charge in [0.1, 0.15) is 5.69 Å². The third-order valence-electron chi connectivity index (χ3n) is 2.09. The molecule has 0 aliphatic carbocycles. The van der Waals surface area contributed by atoms with Crippen LogP contribution >= 0.6 is 11.6 Å². The molecule has 0 saturated heterocycles. The van der Waals surface area contributed by atoms with E-state index in [1.165, 1.54) is 0 Å². The Hall–Kier alpha value is -1.68. The standard InChI is InChI=1S/C10H7ClN2O2/c11-8-2-1-7-3-4-12-10(6-13(14)15)9(7)5-8/h1-5H,6H2. The Labute approximate surface area is 90.7 Å². The zero-order valence-corrected chi connectivity index (χ0v) is 8.44. The molecule has 4 nitrogen and oxygen atoms in total. The molecule has 0 bridgehead atoms. The van der Waals surface area contributed by atoms with Crippen LogP contribution in [0.1, 0.15) is 5.69 Å². The molecule has 1 aromatic heterocycles. The van der Waals surface area contributed by atoms with Gasteiger partial charge in [-0.1, -0.05) is 17.7 Å². The molecule has 5 heteroatoms. The van der Waals surface area contributed by atoms with E-state index in [0.717, 1.165) is 10.8 Å². The lowest BCUT2D eigenvalue weighted by atomic mass is 10.1. The van der Waals surface area contributed by atoms with Crippen molar-refractivity contribution in [3.63, 3.8) is 0 Å². The number of aromatic nitrogens is 1. The number of pyridine rings is 1. The highest BCUT2D eigenvalue weighted by Crippen LogP contribution is 2.21. The lowest BCUT2D eigenvalue weighted by Gasteiger charge is -2.01. The number of benzene rings is 1. The van der Waals surface area contributed by atoms with Crippen LogP contribution in [0.3, 0.4) is 0 Å². The Morgan fingerprint density at radius 3 is 2.93 bits per heavy atom. The van der Waals surface area contributed by atoms with Crippen LogP contribution in [0.25, 0.3) is 10.8 Å². The normalized spacial score (nSPS) is 10.5. The van der Waals surface area contributed by atoms with Crippen LogP contribution in [0.15, 0.2) is 30.5 Å². The Morgan fingerprint density at radius 2 is 2.20 bits per heavy atom. The molecule has 0 atom stereocenters. The average Bonchev–Trinajstić information content (AvgIpc) is 2.18. The summed E-state index contributed by atoms with van der Waals surface area (Å²) in [5, 5.41) is 12.6. The summed E-state index contributed by atoms with van der Waals surface area (Å²) >= 11 is 5.83. The van der Waals surface area contributed by atoms with E-state index in [1.54, 1.807) is 24.4 Å². The number of hydrogen-bond donors (Lipinski definition) is 0. The first-order valence-electron chi connectivity index (χ1n) is 4.32. The molecule has 1 aromatic carbocycles. The molecule has 0 radical (unpaired) electrons. The zero-order chi connectivity index (χ0) is 10.8. The van der Waals surface area contributed by atoms with Crippen LogP contribution in [0.5, 0.6) is 0 Å². The van der Waals surface area contributed by atoms with Crippen LogP contribution in [0, 0.1) is 10.1 Å². The van der Waals surface area contributed by atoms with E-state index in [4.69, 9.17) is 11.6 Å². The van der Waals surface area contributed by atoms with E-state index < -0.39 is 4.92 Å². The summed E-state index contributed by atoms with van der Waals surface area (Å²) in [5.74, 6) is 0. The van der Waals surface area contributed by atoms with Gasteiger partial charge in [0, 0.05) is 21.5 Å². The maximum absolute atomic E-state index is 10.4. The molecule has 0 aliphatic rings. The van der Waals surface area contributed by atoms with Crippen molar-refractivity contribution >= 4 is 22.4 Å².